The van der Waals surface area contributed by atoms with Crippen LogP contribution in [0.5, 0.6) is 5.75 Å². The van der Waals surface area contributed by atoms with Gasteiger partial charge in [-0.3, -0.25) is 4.79 Å². The van der Waals surface area contributed by atoms with Crippen LogP contribution in [0.15, 0.2) is 36.7 Å². The number of amides is 1. The zero-order chi connectivity index (χ0) is 17.1. The number of aliphatic hydroxyl groups excluding tert-OH is 1. The van der Waals surface area contributed by atoms with Crippen LogP contribution in [0.3, 0.4) is 0 Å². The molecule has 1 aliphatic rings. The monoisotopic (exact) mass is 331 g/mol. The number of ether oxygens (including phenoxy) is 1. The molecule has 0 spiro atoms. The molecule has 1 atom stereocenters. The lowest BCUT2D eigenvalue weighted by atomic mass is 9.74. The average Bonchev–Trinajstić information content (AvgIpc) is 2.58. The Morgan fingerprint density at radius 1 is 1.38 bits per heavy atom. The Labute approximate surface area is 138 Å². The molecule has 0 bridgehead atoms. The standard InChI is InChI=1S/C17H18FN3O3/c1-24-15-3-2-12(18)8-14(15)16(11-6-13(22)7-11)21-17(23)10-4-5-19-20-9-10/h2-5,8-9,11,13,16,22H,6-7H2,1H3,(H,21,23)/t11?,13?,16-/m0/s1. The number of hydrogen-bond donors (Lipinski definition) is 2. The highest BCUT2D eigenvalue weighted by molar-refractivity contribution is 5.94. The number of benzene rings is 1. The Morgan fingerprint density at radius 2 is 2.17 bits per heavy atom. The molecule has 0 saturated heterocycles. The van der Waals surface area contributed by atoms with Crippen LogP contribution >= 0.6 is 0 Å². The number of rotatable bonds is 5. The van der Waals surface area contributed by atoms with E-state index in [9.17, 15) is 14.3 Å². The number of halogens is 1. The van der Waals surface area contributed by atoms with E-state index in [4.69, 9.17) is 4.74 Å². The second-order valence-electron chi connectivity index (χ2n) is 5.85. The van der Waals surface area contributed by atoms with E-state index in [0.29, 0.717) is 29.7 Å². The zero-order valence-electron chi connectivity index (χ0n) is 13.1. The van der Waals surface area contributed by atoms with Crippen molar-refractivity contribution in [2.24, 2.45) is 5.92 Å². The maximum absolute atomic E-state index is 13.7. The van der Waals surface area contributed by atoms with E-state index in [-0.39, 0.29) is 11.8 Å². The predicted molar refractivity (Wildman–Crippen MR) is 83.9 cm³/mol. The Hall–Kier alpha value is -2.54. The molecule has 3 rings (SSSR count). The van der Waals surface area contributed by atoms with Crippen molar-refractivity contribution in [2.75, 3.05) is 7.11 Å². The van der Waals surface area contributed by atoms with Gasteiger partial charge in [-0.2, -0.15) is 10.2 Å². The van der Waals surface area contributed by atoms with Crippen LogP contribution < -0.4 is 10.1 Å². The first kappa shape index (κ1) is 16.3. The molecular weight excluding hydrogens is 313 g/mol. The molecule has 1 aromatic carbocycles. The zero-order valence-corrected chi connectivity index (χ0v) is 13.1. The molecule has 2 aromatic rings. The van der Waals surface area contributed by atoms with Gasteiger partial charge < -0.3 is 15.2 Å². The van der Waals surface area contributed by atoms with Crippen LogP contribution in [0.1, 0.15) is 34.8 Å². The molecule has 2 N–H and O–H groups in total. The Balaban J connectivity index is 1.90. The molecule has 0 radical (unpaired) electrons. The van der Waals surface area contributed by atoms with Gasteiger partial charge in [-0.25, -0.2) is 4.39 Å². The molecule has 1 fully saturated rings. The highest BCUT2D eigenvalue weighted by Gasteiger charge is 2.37. The van der Waals surface area contributed by atoms with Gasteiger partial charge in [0.05, 0.1) is 37.2 Å². The quantitative estimate of drug-likeness (QED) is 0.874. The lowest BCUT2D eigenvalue weighted by Crippen LogP contribution is -2.41. The summed E-state index contributed by atoms with van der Waals surface area (Å²) >= 11 is 0. The first-order chi connectivity index (χ1) is 11.6. The summed E-state index contributed by atoms with van der Waals surface area (Å²) in [5, 5.41) is 19.9. The maximum atomic E-state index is 13.7. The van der Waals surface area contributed by atoms with Crippen molar-refractivity contribution in [3.63, 3.8) is 0 Å². The summed E-state index contributed by atoms with van der Waals surface area (Å²) < 4.78 is 19.0. The molecule has 1 saturated carbocycles. The van der Waals surface area contributed by atoms with E-state index in [1.165, 1.54) is 37.7 Å². The number of hydrogen-bond acceptors (Lipinski definition) is 5. The smallest absolute Gasteiger partial charge is 0.253 e. The van der Waals surface area contributed by atoms with Gasteiger partial charge in [-0.1, -0.05) is 0 Å². The third kappa shape index (κ3) is 3.35. The summed E-state index contributed by atoms with van der Waals surface area (Å²) in [4.78, 5) is 12.5. The third-order valence-electron chi connectivity index (χ3n) is 4.28. The van der Waals surface area contributed by atoms with Gasteiger partial charge in [-0.15, -0.1) is 0 Å². The molecular formula is C17H18FN3O3. The van der Waals surface area contributed by atoms with E-state index < -0.39 is 18.0 Å². The second-order valence-corrected chi connectivity index (χ2v) is 5.85. The van der Waals surface area contributed by atoms with Gasteiger partial charge in [0.15, 0.2) is 0 Å². The van der Waals surface area contributed by atoms with Crippen molar-refractivity contribution in [3.8, 4) is 5.75 Å². The Kier molecular flexibility index (Phi) is 4.71. The molecule has 1 heterocycles. The van der Waals surface area contributed by atoms with Crippen molar-refractivity contribution in [3.05, 3.63) is 53.6 Å². The van der Waals surface area contributed by atoms with Crippen LogP contribution in [0.4, 0.5) is 4.39 Å². The van der Waals surface area contributed by atoms with Gasteiger partial charge in [0.2, 0.25) is 0 Å². The molecule has 0 unspecified atom stereocenters. The summed E-state index contributed by atoms with van der Waals surface area (Å²) in [6.07, 6.45) is 3.49. The molecule has 1 aliphatic carbocycles. The fourth-order valence-corrected chi connectivity index (χ4v) is 2.95. The molecule has 7 heteroatoms. The van der Waals surface area contributed by atoms with Crippen LogP contribution in [0, 0.1) is 11.7 Å². The van der Waals surface area contributed by atoms with Crippen LogP contribution in [-0.4, -0.2) is 34.4 Å². The number of carbonyl (C=O) groups is 1. The maximum Gasteiger partial charge on any atom is 0.253 e. The van der Waals surface area contributed by atoms with Crippen molar-refractivity contribution in [1.82, 2.24) is 15.5 Å². The number of aliphatic hydroxyl groups is 1. The normalized spacial score (nSPS) is 20.8. The minimum Gasteiger partial charge on any atom is -0.496 e. The summed E-state index contributed by atoms with van der Waals surface area (Å²) in [6.45, 7) is 0. The summed E-state index contributed by atoms with van der Waals surface area (Å²) in [5.41, 5.74) is 0.926. The molecule has 6 nitrogen and oxygen atoms in total. The minimum absolute atomic E-state index is 0.00875. The lowest BCUT2D eigenvalue weighted by molar-refractivity contribution is 0.0231. The number of aromatic nitrogens is 2. The summed E-state index contributed by atoms with van der Waals surface area (Å²) in [6, 6.07) is 5.30. The van der Waals surface area contributed by atoms with Gasteiger partial charge in [0.25, 0.3) is 5.91 Å². The largest absolute Gasteiger partial charge is 0.496 e. The SMILES string of the molecule is COc1ccc(F)cc1[C@@H](NC(=O)c1ccnnc1)C1CC(O)C1. The van der Waals surface area contributed by atoms with E-state index >= 15 is 0 Å². The van der Waals surface area contributed by atoms with E-state index in [0.717, 1.165) is 0 Å². The average molecular weight is 331 g/mol. The molecule has 24 heavy (non-hydrogen) atoms. The lowest BCUT2D eigenvalue weighted by Gasteiger charge is -2.38. The van der Waals surface area contributed by atoms with E-state index in [1.807, 2.05) is 0 Å². The van der Waals surface area contributed by atoms with Crippen LogP contribution in [-0.2, 0) is 0 Å². The van der Waals surface area contributed by atoms with E-state index in [1.54, 1.807) is 6.07 Å². The molecule has 0 aliphatic heterocycles. The minimum atomic E-state index is -0.459. The van der Waals surface area contributed by atoms with Crippen molar-refractivity contribution >= 4 is 5.91 Å². The predicted octanol–water partition coefficient (Wildman–Crippen LogP) is 1.87. The van der Waals surface area contributed by atoms with Gasteiger partial charge in [0.1, 0.15) is 11.6 Å². The number of carbonyl (C=O) groups excluding carboxylic acids is 1. The van der Waals surface area contributed by atoms with Gasteiger partial charge in [0, 0.05) is 5.56 Å². The van der Waals surface area contributed by atoms with E-state index in [2.05, 4.69) is 15.5 Å². The van der Waals surface area contributed by atoms with Crippen LogP contribution in [0.25, 0.3) is 0 Å². The third-order valence-corrected chi connectivity index (χ3v) is 4.28. The van der Waals surface area contributed by atoms with Crippen molar-refractivity contribution in [1.29, 1.82) is 0 Å². The summed E-state index contributed by atoms with van der Waals surface area (Å²) in [5.74, 6) is -0.233. The number of methoxy groups -OCH3 is 1. The fourth-order valence-electron chi connectivity index (χ4n) is 2.95. The molecule has 126 valence electrons. The first-order valence-electron chi connectivity index (χ1n) is 7.67. The fraction of sp³-hybridized carbons (Fsp3) is 0.353. The molecule has 1 amide bonds. The van der Waals surface area contributed by atoms with Gasteiger partial charge in [-0.05, 0) is 43.0 Å². The van der Waals surface area contributed by atoms with Crippen LogP contribution in [0.2, 0.25) is 0 Å². The Morgan fingerprint density at radius 3 is 2.79 bits per heavy atom. The molecule has 1 aromatic heterocycles. The second kappa shape index (κ2) is 6.92. The van der Waals surface area contributed by atoms with Crippen molar-refractivity contribution in [2.45, 2.75) is 25.0 Å². The number of nitrogens with one attached hydrogen (secondary N) is 1. The highest BCUT2D eigenvalue weighted by Crippen LogP contribution is 2.41. The Bertz CT molecular complexity index is 720. The van der Waals surface area contributed by atoms with Gasteiger partial charge >= 0.3 is 0 Å². The number of nitrogens with zero attached hydrogens (tertiary/aromatic N) is 2. The highest BCUT2D eigenvalue weighted by atomic mass is 19.1. The summed E-state index contributed by atoms with van der Waals surface area (Å²) in [7, 11) is 1.50. The van der Waals surface area contributed by atoms with Crippen molar-refractivity contribution < 1.29 is 19.0 Å². The topological polar surface area (TPSA) is 84.3 Å². The first-order valence-corrected chi connectivity index (χ1v) is 7.67.